The molecule has 0 atom stereocenters. The summed E-state index contributed by atoms with van der Waals surface area (Å²) in [6, 6.07) is 13.6. The fourth-order valence-corrected chi connectivity index (χ4v) is 3.56. The molecular weight excluding hydrogens is 414 g/mol. The molecule has 0 bridgehead atoms. The zero-order valence-electron chi connectivity index (χ0n) is 17.9. The maximum Gasteiger partial charge on any atom is 0.387 e. The van der Waals surface area contributed by atoms with E-state index in [9.17, 15) is 13.6 Å². The number of ether oxygens (including phenoxy) is 1. The van der Waals surface area contributed by atoms with Gasteiger partial charge in [-0.15, -0.1) is 0 Å². The van der Waals surface area contributed by atoms with E-state index in [-0.39, 0.29) is 11.4 Å². The lowest BCUT2D eigenvalue weighted by Gasteiger charge is -2.14. The van der Waals surface area contributed by atoms with E-state index in [1.54, 1.807) is 31.2 Å². The number of amides is 1. The van der Waals surface area contributed by atoms with Gasteiger partial charge in [0.05, 0.1) is 28.2 Å². The van der Waals surface area contributed by atoms with Gasteiger partial charge in [0.1, 0.15) is 5.75 Å². The summed E-state index contributed by atoms with van der Waals surface area (Å²) in [5.74, 6) is -0.548. The van der Waals surface area contributed by atoms with Gasteiger partial charge >= 0.3 is 6.61 Å². The number of carbonyl (C=O) groups excluding carboxylic acids is 1. The van der Waals surface area contributed by atoms with Crippen molar-refractivity contribution in [3.63, 3.8) is 0 Å². The zero-order valence-corrected chi connectivity index (χ0v) is 17.9. The topological polar surface area (TPSA) is 69.0 Å². The van der Waals surface area contributed by atoms with Gasteiger partial charge in [0.15, 0.2) is 0 Å². The Balaban J connectivity index is 1.79. The number of aryl methyl sites for hydroxylation is 3. The molecule has 8 heteroatoms. The molecule has 4 aromatic rings. The average Bonchev–Trinajstić information content (AvgIpc) is 3.15. The Morgan fingerprint density at radius 3 is 2.66 bits per heavy atom. The number of benzene rings is 2. The average molecular weight is 436 g/mol. The highest BCUT2D eigenvalue weighted by atomic mass is 19.3. The normalized spacial score (nSPS) is 11.2. The second-order valence-electron chi connectivity index (χ2n) is 7.39. The molecule has 32 heavy (non-hydrogen) atoms. The predicted molar refractivity (Wildman–Crippen MR) is 119 cm³/mol. The molecule has 4 rings (SSSR count). The van der Waals surface area contributed by atoms with Crippen LogP contribution in [0.25, 0.3) is 22.2 Å². The third kappa shape index (κ3) is 4.30. The number of alkyl halides is 2. The quantitative estimate of drug-likeness (QED) is 0.428. The van der Waals surface area contributed by atoms with Gasteiger partial charge in [0.25, 0.3) is 5.91 Å². The lowest BCUT2D eigenvalue weighted by molar-refractivity contribution is -0.0493. The number of anilines is 1. The summed E-state index contributed by atoms with van der Waals surface area (Å²) in [5, 5.41) is 7.85. The molecule has 0 saturated heterocycles. The molecule has 0 fully saturated rings. The van der Waals surface area contributed by atoms with Crippen LogP contribution in [-0.2, 0) is 6.54 Å². The van der Waals surface area contributed by atoms with Crippen LogP contribution in [0.15, 0.2) is 54.7 Å². The molecule has 0 spiro atoms. The van der Waals surface area contributed by atoms with E-state index < -0.39 is 12.5 Å². The van der Waals surface area contributed by atoms with E-state index in [2.05, 4.69) is 15.2 Å². The first-order chi connectivity index (χ1) is 15.4. The first kappa shape index (κ1) is 21.4. The van der Waals surface area contributed by atoms with Crippen molar-refractivity contribution in [2.24, 2.45) is 0 Å². The Morgan fingerprint density at radius 1 is 1.16 bits per heavy atom. The number of rotatable bonds is 6. The molecule has 0 aliphatic carbocycles. The number of nitrogens with zero attached hydrogens (tertiary/aromatic N) is 3. The van der Waals surface area contributed by atoms with E-state index in [0.29, 0.717) is 28.7 Å². The van der Waals surface area contributed by atoms with Gasteiger partial charge in [0, 0.05) is 23.7 Å². The van der Waals surface area contributed by atoms with Crippen LogP contribution in [0, 0.1) is 13.8 Å². The minimum absolute atomic E-state index is 0.0994. The van der Waals surface area contributed by atoms with Crippen LogP contribution in [0.2, 0.25) is 0 Å². The van der Waals surface area contributed by atoms with Gasteiger partial charge in [-0.3, -0.25) is 9.48 Å². The van der Waals surface area contributed by atoms with Crippen molar-refractivity contribution in [3.05, 3.63) is 71.5 Å². The summed E-state index contributed by atoms with van der Waals surface area (Å²) >= 11 is 0. The number of hydrogen-bond donors (Lipinski definition) is 1. The van der Waals surface area contributed by atoms with Crippen LogP contribution >= 0.6 is 0 Å². The Labute approximate surface area is 183 Å². The highest BCUT2D eigenvalue weighted by Crippen LogP contribution is 2.30. The van der Waals surface area contributed by atoms with Gasteiger partial charge in [-0.1, -0.05) is 24.3 Å². The number of hydrogen-bond acceptors (Lipinski definition) is 4. The third-order valence-corrected chi connectivity index (χ3v) is 5.11. The van der Waals surface area contributed by atoms with Crippen molar-refractivity contribution in [2.45, 2.75) is 33.9 Å². The van der Waals surface area contributed by atoms with Crippen molar-refractivity contribution < 1.29 is 18.3 Å². The van der Waals surface area contributed by atoms with Crippen LogP contribution in [0.4, 0.5) is 14.5 Å². The first-order valence-electron chi connectivity index (χ1n) is 10.2. The smallest absolute Gasteiger partial charge is 0.387 e. The van der Waals surface area contributed by atoms with Crippen molar-refractivity contribution in [1.82, 2.24) is 14.8 Å². The van der Waals surface area contributed by atoms with E-state index in [4.69, 9.17) is 4.98 Å². The molecule has 0 saturated carbocycles. The number of carbonyl (C=O) groups is 1. The monoisotopic (exact) mass is 436 g/mol. The predicted octanol–water partition coefficient (Wildman–Crippen LogP) is 5.59. The molecule has 0 aliphatic rings. The van der Waals surface area contributed by atoms with Crippen molar-refractivity contribution >= 4 is 22.5 Å². The lowest BCUT2D eigenvalue weighted by Crippen LogP contribution is -2.15. The molecule has 6 nitrogen and oxygen atoms in total. The van der Waals surface area contributed by atoms with Gasteiger partial charge < -0.3 is 10.1 Å². The molecule has 0 aliphatic heterocycles. The van der Waals surface area contributed by atoms with Crippen LogP contribution in [0.3, 0.4) is 0 Å². The highest BCUT2D eigenvalue weighted by Gasteiger charge is 2.18. The second kappa shape index (κ2) is 8.74. The summed E-state index contributed by atoms with van der Waals surface area (Å²) in [4.78, 5) is 18.0. The standard InChI is InChI=1S/C24H22F2N4O2/c1-4-30-13-18(15(3)29-30)20-12-17(16-7-5-6-8-19(16)27-20)23(31)28-21-11-14(2)9-10-22(21)32-24(25)26/h5-13,24H,4H2,1-3H3,(H,28,31). The first-order valence-corrected chi connectivity index (χ1v) is 10.2. The fraction of sp³-hybridized carbons (Fsp3) is 0.208. The number of halogens is 2. The van der Waals surface area contributed by atoms with E-state index in [1.807, 2.05) is 42.9 Å². The molecule has 1 N–H and O–H groups in total. The third-order valence-electron chi connectivity index (χ3n) is 5.11. The molecule has 0 radical (unpaired) electrons. The van der Waals surface area contributed by atoms with Gasteiger partial charge in [-0.25, -0.2) is 4.98 Å². The molecule has 2 heterocycles. The number of nitrogens with one attached hydrogen (secondary N) is 1. The summed E-state index contributed by atoms with van der Waals surface area (Å²) in [6.45, 7) is 3.39. The zero-order chi connectivity index (χ0) is 22.8. The molecule has 164 valence electrons. The Kier molecular flexibility index (Phi) is 5.85. The molecule has 1 amide bonds. The van der Waals surface area contributed by atoms with Gasteiger partial charge in [0.2, 0.25) is 0 Å². The SMILES string of the molecule is CCn1cc(-c2cc(C(=O)Nc3cc(C)ccc3OC(F)F)c3ccccc3n2)c(C)n1. The minimum Gasteiger partial charge on any atom is -0.433 e. The van der Waals surface area contributed by atoms with Crippen LogP contribution in [0.5, 0.6) is 5.75 Å². The summed E-state index contributed by atoms with van der Waals surface area (Å²) in [6.07, 6.45) is 1.89. The Morgan fingerprint density at radius 2 is 1.94 bits per heavy atom. The van der Waals surface area contributed by atoms with Gasteiger partial charge in [-0.05, 0) is 50.6 Å². The van der Waals surface area contributed by atoms with E-state index in [0.717, 1.165) is 16.8 Å². The second-order valence-corrected chi connectivity index (χ2v) is 7.39. The summed E-state index contributed by atoms with van der Waals surface area (Å²) in [5.41, 5.74) is 4.22. The van der Waals surface area contributed by atoms with Gasteiger partial charge in [-0.2, -0.15) is 13.9 Å². The van der Waals surface area contributed by atoms with Crippen molar-refractivity contribution in [3.8, 4) is 17.0 Å². The number of aromatic nitrogens is 3. The van der Waals surface area contributed by atoms with Crippen molar-refractivity contribution in [2.75, 3.05) is 5.32 Å². The number of fused-ring (bicyclic) bond motifs is 1. The molecule has 2 aromatic heterocycles. The maximum absolute atomic E-state index is 13.3. The minimum atomic E-state index is -3.00. The van der Waals surface area contributed by atoms with Crippen molar-refractivity contribution in [1.29, 1.82) is 0 Å². The molecule has 0 unspecified atom stereocenters. The Bertz CT molecular complexity index is 1300. The largest absolute Gasteiger partial charge is 0.433 e. The molecule has 2 aromatic carbocycles. The van der Waals surface area contributed by atoms with Crippen LogP contribution in [0.1, 0.15) is 28.5 Å². The highest BCUT2D eigenvalue weighted by molar-refractivity contribution is 6.13. The number of para-hydroxylation sites is 1. The van der Waals surface area contributed by atoms with E-state index in [1.165, 1.54) is 6.07 Å². The number of pyridine rings is 1. The fourth-order valence-electron chi connectivity index (χ4n) is 3.56. The lowest BCUT2D eigenvalue weighted by atomic mass is 10.0. The maximum atomic E-state index is 13.3. The summed E-state index contributed by atoms with van der Waals surface area (Å²) in [7, 11) is 0. The summed E-state index contributed by atoms with van der Waals surface area (Å²) < 4.78 is 32.0. The molecular formula is C24H22F2N4O2. The van der Waals surface area contributed by atoms with Crippen LogP contribution in [-0.4, -0.2) is 27.3 Å². The van der Waals surface area contributed by atoms with E-state index >= 15 is 0 Å². The Hall–Kier alpha value is -3.81. The van der Waals surface area contributed by atoms with Crippen LogP contribution < -0.4 is 10.1 Å².